The topological polar surface area (TPSA) is 17.0 Å². The van der Waals surface area contributed by atoms with Crippen LogP contribution in [0.1, 0.15) is 25.8 Å². The van der Waals surface area contributed by atoms with Crippen molar-refractivity contribution in [2.75, 3.05) is 6.54 Å². The van der Waals surface area contributed by atoms with E-state index < -0.39 is 0 Å². The summed E-state index contributed by atoms with van der Waals surface area (Å²) in [7, 11) is 0. The van der Waals surface area contributed by atoms with Crippen LogP contribution in [-0.4, -0.2) is 17.2 Å². The van der Waals surface area contributed by atoms with Crippen molar-refractivity contribution in [1.82, 2.24) is 9.88 Å². The highest BCUT2D eigenvalue weighted by molar-refractivity contribution is 5.80. The predicted octanol–water partition coefficient (Wildman–Crippen LogP) is 3.34. The van der Waals surface area contributed by atoms with Crippen LogP contribution in [0.5, 0.6) is 0 Å². The van der Waals surface area contributed by atoms with Crippen molar-refractivity contribution in [2.24, 2.45) is 0 Å². The second-order valence-corrected chi connectivity index (χ2v) is 4.83. The average Bonchev–Trinajstić information content (AvgIpc) is 2.71. The number of fused-ring (bicyclic) bond motifs is 1. The van der Waals surface area contributed by atoms with Crippen molar-refractivity contribution in [3.63, 3.8) is 0 Å². The summed E-state index contributed by atoms with van der Waals surface area (Å²) in [6.45, 7) is 8.66. The lowest BCUT2D eigenvalue weighted by Crippen LogP contribution is -2.28. The Morgan fingerprint density at radius 1 is 1.29 bits per heavy atom. The molecule has 17 heavy (non-hydrogen) atoms. The molecule has 0 saturated heterocycles. The second kappa shape index (κ2) is 5.37. The Hall–Kier alpha value is -1.28. The Bertz CT molecular complexity index is 485. The van der Waals surface area contributed by atoms with Crippen LogP contribution in [0.25, 0.3) is 10.9 Å². The number of benzene rings is 1. The first-order valence-electron chi connectivity index (χ1n) is 6.49. The number of nitrogens with zero attached hydrogens (tertiary/aromatic N) is 1. The summed E-state index contributed by atoms with van der Waals surface area (Å²) in [5.74, 6) is 0. The average molecular weight is 230 g/mol. The molecular weight excluding hydrogens is 208 g/mol. The molecule has 0 aliphatic heterocycles. The van der Waals surface area contributed by atoms with Gasteiger partial charge in [-0.25, -0.2) is 0 Å². The Balaban J connectivity index is 2.04. The third-order valence-electron chi connectivity index (χ3n) is 3.38. The fourth-order valence-corrected chi connectivity index (χ4v) is 2.09. The maximum absolute atomic E-state index is 3.53. The monoisotopic (exact) mass is 230 g/mol. The van der Waals surface area contributed by atoms with Crippen molar-refractivity contribution in [1.29, 1.82) is 0 Å². The molecule has 1 heterocycles. The molecule has 0 fully saturated rings. The minimum atomic E-state index is 0.610. The van der Waals surface area contributed by atoms with E-state index in [4.69, 9.17) is 0 Å². The van der Waals surface area contributed by atoms with Crippen molar-refractivity contribution >= 4 is 10.9 Å². The van der Waals surface area contributed by atoms with E-state index in [0.717, 1.165) is 13.1 Å². The zero-order valence-corrected chi connectivity index (χ0v) is 11.0. The minimum absolute atomic E-state index is 0.610. The second-order valence-electron chi connectivity index (χ2n) is 4.83. The largest absolute Gasteiger partial charge is 0.346 e. The van der Waals surface area contributed by atoms with Crippen LogP contribution in [0.3, 0.4) is 0 Å². The first-order chi connectivity index (χ1) is 8.20. The van der Waals surface area contributed by atoms with E-state index >= 15 is 0 Å². The minimum Gasteiger partial charge on any atom is -0.346 e. The number of aromatic nitrogens is 1. The smallest absolute Gasteiger partial charge is 0.0480 e. The third-order valence-corrected chi connectivity index (χ3v) is 3.38. The molecule has 1 aromatic heterocycles. The number of hydrogen-bond acceptors (Lipinski definition) is 1. The Morgan fingerprint density at radius 3 is 2.88 bits per heavy atom. The van der Waals surface area contributed by atoms with Gasteiger partial charge in [-0.1, -0.05) is 18.6 Å². The molecule has 1 aromatic carbocycles. The number of nitrogens with one attached hydrogen (secondary N) is 1. The molecule has 0 saturated carbocycles. The molecule has 0 bridgehead atoms. The highest BCUT2D eigenvalue weighted by atomic mass is 15.0. The zero-order chi connectivity index (χ0) is 12.3. The standard InChI is InChI=1S/C15H22N2/c1-4-13(3)16-8-10-17-9-7-14-11-12(2)5-6-15(14)17/h5-7,9,11,13,16H,4,8,10H2,1-3H3. The highest BCUT2D eigenvalue weighted by Crippen LogP contribution is 2.16. The van der Waals surface area contributed by atoms with E-state index in [0.29, 0.717) is 6.04 Å². The van der Waals surface area contributed by atoms with Gasteiger partial charge in [-0.05, 0) is 43.9 Å². The van der Waals surface area contributed by atoms with Gasteiger partial charge in [0.05, 0.1) is 0 Å². The molecule has 92 valence electrons. The van der Waals surface area contributed by atoms with Gasteiger partial charge in [-0.2, -0.15) is 0 Å². The lowest BCUT2D eigenvalue weighted by atomic mass is 10.2. The zero-order valence-electron chi connectivity index (χ0n) is 11.0. The summed E-state index contributed by atoms with van der Waals surface area (Å²) in [5, 5.41) is 4.87. The van der Waals surface area contributed by atoms with Crippen LogP contribution < -0.4 is 5.32 Å². The van der Waals surface area contributed by atoms with Gasteiger partial charge in [-0.15, -0.1) is 0 Å². The van der Waals surface area contributed by atoms with E-state index in [1.807, 2.05) is 0 Å². The van der Waals surface area contributed by atoms with E-state index in [1.165, 1.54) is 22.9 Å². The van der Waals surface area contributed by atoms with Crippen LogP contribution >= 0.6 is 0 Å². The van der Waals surface area contributed by atoms with Gasteiger partial charge in [0, 0.05) is 30.8 Å². The molecule has 0 amide bonds. The molecule has 0 radical (unpaired) electrons. The first-order valence-corrected chi connectivity index (χ1v) is 6.49. The lowest BCUT2D eigenvalue weighted by Gasteiger charge is -2.12. The fourth-order valence-electron chi connectivity index (χ4n) is 2.09. The van der Waals surface area contributed by atoms with E-state index in [-0.39, 0.29) is 0 Å². The molecular formula is C15H22N2. The molecule has 2 nitrogen and oxygen atoms in total. The lowest BCUT2D eigenvalue weighted by molar-refractivity contribution is 0.509. The number of hydrogen-bond donors (Lipinski definition) is 1. The molecule has 0 aliphatic rings. The predicted molar refractivity (Wildman–Crippen MR) is 74.4 cm³/mol. The Kier molecular flexibility index (Phi) is 3.85. The Morgan fingerprint density at radius 2 is 2.12 bits per heavy atom. The fraction of sp³-hybridized carbons (Fsp3) is 0.467. The van der Waals surface area contributed by atoms with E-state index in [2.05, 4.69) is 61.1 Å². The van der Waals surface area contributed by atoms with Gasteiger partial charge in [0.1, 0.15) is 0 Å². The summed E-state index contributed by atoms with van der Waals surface area (Å²) in [5.41, 5.74) is 2.66. The van der Waals surface area contributed by atoms with Gasteiger partial charge in [0.15, 0.2) is 0 Å². The van der Waals surface area contributed by atoms with E-state index in [9.17, 15) is 0 Å². The Labute approximate surface area is 104 Å². The van der Waals surface area contributed by atoms with Crippen molar-refractivity contribution in [3.05, 3.63) is 36.0 Å². The quantitative estimate of drug-likeness (QED) is 0.833. The summed E-state index contributed by atoms with van der Waals surface area (Å²) < 4.78 is 2.32. The number of rotatable bonds is 5. The maximum Gasteiger partial charge on any atom is 0.0480 e. The summed E-state index contributed by atoms with van der Waals surface area (Å²) in [6.07, 6.45) is 3.37. The van der Waals surface area contributed by atoms with Gasteiger partial charge in [0.2, 0.25) is 0 Å². The normalized spacial score (nSPS) is 13.1. The van der Waals surface area contributed by atoms with Gasteiger partial charge in [0.25, 0.3) is 0 Å². The third kappa shape index (κ3) is 2.89. The SMILES string of the molecule is CCC(C)NCCn1ccc2cc(C)ccc21. The van der Waals surface area contributed by atoms with Crippen LogP contribution in [0.15, 0.2) is 30.5 Å². The molecule has 0 spiro atoms. The summed E-state index contributed by atoms with van der Waals surface area (Å²) in [6, 6.07) is 9.45. The molecule has 1 unspecified atom stereocenters. The van der Waals surface area contributed by atoms with Crippen LogP contribution in [0, 0.1) is 6.92 Å². The molecule has 1 atom stereocenters. The van der Waals surface area contributed by atoms with Crippen LogP contribution in [0.4, 0.5) is 0 Å². The van der Waals surface area contributed by atoms with Crippen LogP contribution in [0.2, 0.25) is 0 Å². The maximum atomic E-state index is 3.53. The molecule has 2 aromatic rings. The van der Waals surface area contributed by atoms with Gasteiger partial charge in [-0.3, -0.25) is 0 Å². The van der Waals surface area contributed by atoms with Crippen molar-refractivity contribution in [2.45, 2.75) is 39.8 Å². The van der Waals surface area contributed by atoms with Crippen molar-refractivity contribution in [3.8, 4) is 0 Å². The molecule has 1 N–H and O–H groups in total. The summed E-state index contributed by atoms with van der Waals surface area (Å²) in [4.78, 5) is 0. The first kappa shape index (κ1) is 12.2. The van der Waals surface area contributed by atoms with Crippen LogP contribution in [-0.2, 0) is 6.54 Å². The molecule has 0 aliphatic carbocycles. The van der Waals surface area contributed by atoms with Crippen molar-refractivity contribution < 1.29 is 0 Å². The van der Waals surface area contributed by atoms with Gasteiger partial charge >= 0.3 is 0 Å². The molecule has 2 rings (SSSR count). The number of aryl methyl sites for hydroxylation is 1. The highest BCUT2D eigenvalue weighted by Gasteiger charge is 2.01. The van der Waals surface area contributed by atoms with Gasteiger partial charge < -0.3 is 9.88 Å². The van der Waals surface area contributed by atoms with E-state index in [1.54, 1.807) is 0 Å². The molecule has 2 heteroatoms. The summed E-state index contributed by atoms with van der Waals surface area (Å²) >= 11 is 0.